The molecule has 2 aromatic carbocycles. The number of anilines is 2. The molecule has 0 aliphatic heterocycles. The molecule has 0 radical (unpaired) electrons. The fourth-order valence-electron chi connectivity index (χ4n) is 3.46. The van der Waals surface area contributed by atoms with E-state index in [0.29, 0.717) is 17.0 Å². The molecule has 0 saturated carbocycles. The number of fused-ring (bicyclic) bond motifs is 1. The van der Waals surface area contributed by atoms with Crippen LogP contribution >= 0.6 is 0 Å². The van der Waals surface area contributed by atoms with Gasteiger partial charge in [0.15, 0.2) is 5.76 Å². The molecule has 2 aromatic heterocycles. The summed E-state index contributed by atoms with van der Waals surface area (Å²) in [6.45, 7) is 6.15. The van der Waals surface area contributed by atoms with E-state index in [9.17, 15) is 4.79 Å². The van der Waals surface area contributed by atoms with Crippen LogP contribution in [0.25, 0.3) is 22.4 Å². The molecule has 4 aromatic rings. The van der Waals surface area contributed by atoms with Crippen LogP contribution in [0.2, 0.25) is 0 Å². The van der Waals surface area contributed by atoms with Gasteiger partial charge >= 0.3 is 0 Å². The van der Waals surface area contributed by atoms with E-state index in [1.807, 2.05) is 60.7 Å². The number of carbonyl (C=O) groups excluding carboxylic acids is 1. The Kier molecular flexibility index (Phi) is 5.29. The predicted molar refractivity (Wildman–Crippen MR) is 117 cm³/mol. The number of carbonyl (C=O) groups is 1. The van der Waals surface area contributed by atoms with Crippen molar-refractivity contribution in [2.75, 3.05) is 23.3 Å². The second-order valence-corrected chi connectivity index (χ2v) is 6.72. The van der Waals surface area contributed by atoms with Gasteiger partial charge in [0, 0.05) is 29.9 Å². The average Bonchev–Trinajstić information content (AvgIpc) is 3.30. The first-order valence-corrected chi connectivity index (χ1v) is 9.79. The maximum absolute atomic E-state index is 13.1. The van der Waals surface area contributed by atoms with Crippen LogP contribution in [-0.2, 0) is 0 Å². The molecule has 1 N–H and O–H groups in total. The zero-order chi connectivity index (χ0) is 20.2. The summed E-state index contributed by atoms with van der Waals surface area (Å²) in [4.78, 5) is 20.0. The van der Waals surface area contributed by atoms with Gasteiger partial charge in [-0.15, -0.1) is 0 Å². The first-order chi connectivity index (χ1) is 14.2. The molecule has 5 nitrogen and oxygen atoms in total. The predicted octanol–water partition coefficient (Wildman–Crippen LogP) is 5.59. The third kappa shape index (κ3) is 3.85. The van der Waals surface area contributed by atoms with Crippen LogP contribution in [0.4, 0.5) is 11.4 Å². The van der Waals surface area contributed by atoms with Gasteiger partial charge in [0.25, 0.3) is 5.91 Å². The Balaban J connectivity index is 1.66. The van der Waals surface area contributed by atoms with Crippen molar-refractivity contribution in [2.45, 2.75) is 13.8 Å². The quantitative estimate of drug-likeness (QED) is 0.470. The first kappa shape index (κ1) is 18.7. The van der Waals surface area contributed by atoms with Gasteiger partial charge in [0.05, 0.1) is 17.3 Å². The zero-order valence-electron chi connectivity index (χ0n) is 16.6. The molecule has 0 saturated heterocycles. The van der Waals surface area contributed by atoms with E-state index in [4.69, 9.17) is 4.42 Å². The Hall–Kier alpha value is -3.60. The Bertz CT molecular complexity index is 1110. The number of benzene rings is 2. The Morgan fingerprint density at radius 2 is 1.76 bits per heavy atom. The van der Waals surface area contributed by atoms with Crippen LogP contribution in [-0.4, -0.2) is 24.0 Å². The van der Waals surface area contributed by atoms with Crippen LogP contribution in [0.3, 0.4) is 0 Å². The average molecular weight is 385 g/mol. The Morgan fingerprint density at radius 3 is 2.45 bits per heavy atom. The molecule has 0 bridgehead atoms. The number of aromatic nitrogens is 1. The van der Waals surface area contributed by atoms with Gasteiger partial charge in [-0.1, -0.05) is 18.2 Å². The second kappa shape index (κ2) is 8.19. The van der Waals surface area contributed by atoms with Crippen molar-refractivity contribution in [1.29, 1.82) is 0 Å². The first-order valence-electron chi connectivity index (χ1n) is 9.79. The minimum Gasteiger partial charge on any atom is -0.463 e. The van der Waals surface area contributed by atoms with E-state index in [-0.39, 0.29) is 5.91 Å². The number of hydrogen-bond donors (Lipinski definition) is 1. The fraction of sp³-hybridized carbons (Fsp3) is 0.167. The number of rotatable bonds is 6. The molecule has 1 amide bonds. The normalized spacial score (nSPS) is 10.8. The van der Waals surface area contributed by atoms with Crippen molar-refractivity contribution in [3.63, 3.8) is 0 Å². The van der Waals surface area contributed by atoms with Gasteiger partial charge in [-0.25, -0.2) is 4.98 Å². The van der Waals surface area contributed by atoms with Gasteiger partial charge in [-0.2, -0.15) is 0 Å². The Morgan fingerprint density at radius 1 is 1.00 bits per heavy atom. The molecular formula is C24H23N3O2. The molecule has 0 fully saturated rings. The van der Waals surface area contributed by atoms with Gasteiger partial charge in [0.1, 0.15) is 5.69 Å². The monoisotopic (exact) mass is 385 g/mol. The highest BCUT2D eigenvalue weighted by Crippen LogP contribution is 2.26. The smallest absolute Gasteiger partial charge is 0.256 e. The molecule has 0 aliphatic carbocycles. The van der Waals surface area contributed by atoms with Gasteiger partial charge in [-0.3, -0.25) is 4.79 Å². The summed E-state index contributed by atoms with van der Waals surface area (Å²) in [6, 6.07) is 21.0. The summed E-state index contributed by atoms with van der Waals surface area (Å²) >= 11 is 0. The van der Waals surface area contributed by atoms with Crippen LogP contribution in [0.15, 0.2) is 77.4 Å². The van der Waals surface area contributed by atoms with E-state index in [2.05, 4.69) is 29.0 Å². The van der Waals surface area contributed by atoms with E-state index < -0.39 is 0 Å². The lowest BCUT2D eigenvalue weighted by atomic mass is 10.1. The highest BCUT2D eigenvalue weighted by Gasteiger charge is 2.15. The summed E-state index contributed by atoms with van der Waals surface area (Å²) in [7, 11) is 0. The number of hydrogen-bond acceptors (Lipinski definition) is 4. The number of amides is 1. The minimum absolute atomic E-state index is 0.174. The fourth-order valence-corrected chi connectivity index (χ4v) is 3.46. The minimum atomic E-state index is -0.174. The summed E-state index contributed by atoms with van der Waals surface area (Å²) in [6.07, 6.45) is 1.60. The van der Waals surface area contributed by atoms with Crippen LogP contribution in [0, 0.1) is 0 Å². The molecule has 4 rings (SSSR count). The molecular weight excluding hydrogens is 362 g/mol. The molecule has 0 spiro atoms. The number of nitrogens with one attached hydrogen (secondary N) is 1. The van der Waals surface area contributed by atoms with Gasteiger partial charge in [-0.05, 0) is 62.4 Å². The van der Waals surface area contributed by atoms with Gasteiger partial charge in [0.2, 0.25) is 0 Å². The number of nitrogens with zero attached hydrogens (tertiary/aromatic N) is 2. The maximum atomic E-state index is 13.1. The largest absolute Gasteiger partial charge is 0.463 e. The number of furan rings is 1. The highest BCUT2D eigenvalue weighted by molar-refractivity contribution is 6.13. The summed E-state index contributed by atoms with van der Waals surface area (Å²) in [5, 5.41) is 3.81. The third-order valence-electron chi connectivity index (χ3n) is 4.99. The van der Waals surface area contributed by atoms with Crippen LogP contribution in [0.1, 0.15) is 24.2 Å². The second-order valence-electron chi connectivity index (χ2n) is 6.72. The van der Waals surface area contributed by atoms with Crippen molar-refractivity contribution in [3.05, 3.63) is 78.6 Å². The standard InChI is InChI=1S/C24H23N3O2/c1-3-27(4-2)18-13-11-17(12-14-18)25-24(28)20-16-22(23-10-7-15-29-23)26-21-9-6-5-8-19(20)21/h5-16H,3-4H2,1-2H3,(H,25,28). The van der Waals surface area contributed by atoms with Gasteiger partial charge < -0.3 is 14.6 Å². The lowest BCUT2D eigenvalue weighted by Gasteiger charge is -2.21. The lowest BCUT2D eigenvalue weighted by molar-refractivity contribution is 0.102. The maximum Gasteiger partial charge on any atom is 0.256 e. The van der Waals surface area contributed by atoms with Crippen molar-refractivity contribution < 1.29 is 9.21 Å². The Labute approximate surface area is 170 Å². The third-order valence-corrected chi connectivity index (χ3v) is 4.99. The molecule has 0 aliphatic rings. The highest BCUT2D eigenvalue weighted by atomic mass is 16.3. The van der Waals surface area contributed by atoms with Crippen LogP contribution in [0.5, 0.6) is 0 Å². The van der Waals surface area contributed by atoms with E-state index >= 15 is 0 Å². The molecule has 0 atom stereocenters. The van der Waals surface area contributed by atoms with Crippen molar-refractivity contribution >= 4 is 28.2 Å². The molecule has 29 heavy (non-hydrogen) atoms. The van der Waals surface area contributed by atoms with E-state index in [1.54, 1.807) is 12.3 Å². The van der Waals surface area contributed by atoms with E-state index in [0.717, 1.165) is 35.4 Å². The topological polar surface area (TPSA) is 58.4 Å². The molecule has 146 valence electrons. The van der Waals surface area contributed by atoms with E-state index in [1.165, 1.54) is 0 Å². The zero-order valence-corrected chi connectivity index (χ0v) is 16.6. The van der Waals surface area contributed by atoms with Crippen molar-refractivity contribution in [2.24, 2.45) is 0 Å². The lowest BCUT2D eigenvalue weighted by Crippen LogP contribution is -2.21. The van der Waals surface area contributed by atoms with Crippen LogP contribution < -0.4 is 10.2 Å². The van der Waals surface area contributed by atoms with Crippen molar-refractivity contribution in [3.8, 4) is 11.5 Å². The summed E-state index contributed by atoms with van der Waals surface area (Å²) in [5.41, 5.74) is 3.85. The SMILES string of the molecule is CCN(CC)c1ccc(NC(=O)c2cc(-c3ccco3)nc3ccccc23)cc1. The number of pyridine rings is 1. The number of para-hydroxylation sites is 1. The van der Waals surface area contributed by atoms with Crippen molar-refractivity contribution in [1.82, 2.24) is 4.98 Å². The summed E-state index contributed by atoms with van der Waals surface area (Å²) in [5.74, 6) is 0.459. The summed E-state index contributed by atoms with van der Waals surface area (Å²) < 4.78 is 5.48. The molecule has 2 heterocycles. The molecule has 5 heteroatoms. The molecule has 0 unspecified atom stereocenters.